The number of carbonyl (C=O) groups is 2. The lowest BCUT2D eigenvalue weighted by Gasteiger charge is -2.31. The molecule has 0 bridgehead atoms. The average Bonchev–Trinajstić information content (AvgIpc) is 3.42. The van der Waals surface area contributed by atoms with Gasteiger partial charge in [-0.05, 0) is 12.5 Å². The lowest BCUT2D eigenvalue weighted by atomic mass is 10.0. The Morgan fingerprint density at radius 3 is 2.57 bits per heavy atom. The molecule has 0 aromatic carbocycles. The molecule has 4 rings (SSSR count). The first-order valence-corrected chi connectivity index (χ1v) is 10.7. The highest BCUT2D eigenvalue weighted by atomic mass is 19.4. The van der Waals surface area contributed by atoms with E-state index in [4.69, 9.17) is 10.2 Å². The van der Waals surface area contributed by atoms with Crippen molar-refractivity contribution < 1.29 is 40.3 Å². The number of nitrogens with two attached hydrogens (primary N) is 1. The summed E-state index contributed by atoms with van der Waals surface area (Å²) in [5.74, 6) is -3.16. The molecule has 4 heterocycles. The van der Waals surface area contributed by atoms with E-state index in [-0.39, 0.29) is 55.1 Å². The zero-order valence-electron chi connectivity index (χ0n) is 18.2. The van der Waals surface area contributed by atoms with Crippen molar-refractivity contribution in [3.63, 3.8) is 0 Å². The fourth-order valence-electron chi connectivity index (χ4n) is 4.27. The summed E-state index contributed by atoms with van der Waals surface area (Å²) in [6.45, 7) is -0.993. The molecule has 14 heteroatoms. The second-order valence-electron chi connectivity index (χ2n) is 8.60. The monoisotopic (exact) mass is 505 g/mol. The van der Waals surface area contributed by atoms with Crippen molar-refractivity contribution in [1.82, 2.24) is 19.8 Å². The summed E-state index contributed by atoms with van der Waals surface area (Å²) >= 11 is 0. The fourth-order valence-corrected chi connectivity index (χ4v) is 4.27. The predicted octanol–water partition coefficient (Wildman–Crippen LogP) is 2.77. The summed E-state index contributed by atoms with van der Waals surface area (Å²) in [4.78, 5) is 34.8. The summed E-state index contributed by atoms with van der Waals surface area (Å²) in [6.07, 6.45) is -7.83. The van der Waals surface area contributed by atoms with Gasteiger partial charge in [0.25, 0.3) is 0 Å². The fraction of sp³-hybridized carbons (Fsp3) is 0.524. The first kappa shape index (κ1) is 24.9. The molecule has 2 N–H and O–H groups in total. The van der Waals surface area contributed by atoms with Crippen molar-refractivity contribution in [2.45, 2.75) is 44.2 Å². The van der Waals surface area contributed by atoms with Crippen LogP contribution in [0, 0.1) is 5.92 Å². The Kier molecular flexibility index (Phi) is 6.51. The standard InChI is InChI=1S/C21H21F6N5O3/c22-20(23,24)12-5-16(33)32(7-12)8-13(28)6-17(34)31-3-1-14-15(9-31)29-19(11-2-4-35-10-11)30-18(14)21(25,26)27/h2,4,10,12-13H,1,3,5-9,28H2/t12?,13-/m1/s1. The summed E-state index contributed by atoms with van der Waals surface area (Å²) in [5.41, 5.74) is 5.05. The third kappa shape index (κ3) is 5.41. The Morgan fingerprint density at radius 2 is 1.97 bits per heavy atom. The van der Waals surface area contributed by atoms with Gasteiger partial charge in [-0.25, -0.2) is 9.97 Å². The quantitative estimate of drug-likeness (QED) is 0.627. The maximum Gasteiger partial charge on any atom is 0.433 e. The Balaban J connectivity index is 1.45. The van der Waals surface area contributed by atoms with Crippen LogP contribution < -0.4 is 5.73 Å². The molecule has 2 aromatic heterocycles. The summed E-state index contributed by atoms with van der Waals surface area (Å²) in [7, 11) is 0. The zero-order chi connectivity index (χ0) is 25.5. The van der Waals surface area contributed by atoms with Crippen molar-refractivity contribution in [2.75, 3.05) is 19.6 Å². The zero-order valence-corrected chi connectivity index (χ0v) is 18.2. The van der Waals surface area contributed by atoms with Gasteiger partial charge in [0.05, 0.1) is 30.0 Å². The van der Waals surface area contributed by atoms with Crippen LogP contribution in [0.2, 0.25) is 0 Å². The number of furan rings is 1. The van der Waals surface area contributed by atoms with Crippen LogP contribution in [0.15, 0.2) is 23.0 Å². The summed E-state index contributed by atoms with van der Waals surface area (Å²) in [6, 6.07) is 0.479. The van der Waals surface area contributed by atoms with Crippen LogP contribution in [-0.4, -0.2) is 63.4 Å². The predicted molar refractivity (Wildman–Crippen MR) is 107 cm³/mol. The third-order valence-electron chi connectivity index (χ3n) is 6.03. The maximum absolute atomic E-state index is 13.6. The Labute approximate surface area is 195 Å². The molecule has 2 aromatic rings. The van der Waals surface area contributed by atoms with Gasteiger partial charge in [-0.15, -0.1) is 0 Å². The SMILES string of the molecule is N[C@H](CC(=O)N1CCc2c(nc(-c3ccoc3)nc2C(F)(F)F)C1)CN1CC(C(F)(F)F)CC1=O. The third-order valence-corrected chi connectivity index (χ3v) is 6.03. The van der Waals surface area contributed by atoms with E-state index in [1.54, 1.807) is 0 Å². The number of halogens is 6. The second kappa shape index (κ2) is 9.13. The van der Waals surface area contributed by atoms with E-state index >= 15 is 0 Å². The highest BCUT2D eigenvalue weighted by Crippen LogP contribution is 2.36. The molecule has 0 radical (unpaired) electrons. The van der Waals surface area contributed by atoms with Crippen LogP contribution in [0.5, 0.6) is 0 Å². The van der Waals surface area contributed by atoms with Gasteiger partial charge in [0.15, 0.2) is 11.5 Å². The minimum absolute atomic E-state index is 0.0329. The lowest BCUT2D eigenvalue weighted by Crippen LogP contribution is -2.44. The molecule has 35 heavy (non-hydrogen) atoms. The van der Waals surface area contributed by atoms with E-state index in [1.807, 2.05) is 0 Å². The summed E-state index contributed by atoms with van der Waals surface area (Å²) in [5, 5.41) is 0. The highest BCUT2D eigenvalue weighted by Gasteiger charge is 2.47. The number of nitrogens with zero attached hydrogens (tertiary/aromatic N) is 4. The molecule has 0 saturated carbocycles. The molecule has 2 aliphatic heterocycles. The molecule has 0 spiro atoms. The van der Waals surface area contributed by atoms with Crippen LogP contribution in [0.1, 0.15) is 29.8 Å². The van der Waals surface area contributed by atoms with Gasteiger partial charge >= 0.3 is 12.4 Å². The van der Waals surface area contributed by atoms with E-state index < -0.39 is 54.8 Å². The second-order valence-corrected chi connectivity index (χ2v) is 8.60. The minimum Gasteiger partial charge on any atom is -0.472 e. The number of amides is 2. The van der Waals surface area contributed by atoms with Gasteiger partial charge in [0.2, 0.25) is 11.8 Å². The molecule has 1 saturated heterocycles. The number of hydrogen-bond acceptors (Lipinski definition) is 6. The minimum atomic E-state index is -4.73. The van der Waals surface area contributed by atoms with E-state index in [2.05, 4.69) is 9.97 Å². The first-order chi connectivity index (χ1) is 16.3. The summed E-state index contributed by atoms with van der Waals surface area (Å²) < 4.78 is 84.5. The van der Waals surface area contributed by atoms with Crippen LogP contribution in [0.4, 0.5) is 26.3 Å². The Bertz CT molecular complexity index is 1100. The molecule has 1 fully saturated rings. The molecule has 2 atom stereocenters. The highest BCUT2D eigenvalue weighted by molar-refractivity contribution is 5.79. The number of likely N-dealkylation sites (tertiary alicyclic amines) is 1. The van der Waals surface area contributed by atoms with Crippen molar-refractivity contribution in [3.05, 3.63) is 35.5 Å². The van der Waals surface area contributed by atoms with E-state index in [1.165, 1.54) is 23.5 Å². The van der Waals surface area contributed by atoms with E-state index in [0.717, 1.165) is 4.90 Å². The smallest absolute Gasteiger partial charge is 0.433 e. The van der Waals surface area contributed by atoms with Crippen LogP contribution in [-0.2, 0) is 28.7 Å². The largest absolute Gasteiger partial charge is 0.472 e. The van der Waals surface area contributed by atoms with Crippen LogP contribution in [0.3, 0.4) is 0 Å². The van der Waals surface area contributed by atoms with Crippen molar-refractivity contribution in [2.24, 2.45) is 11.7 Å². The molecule has 2 aliphatic rings. The number of aromatic nitrogens is 2. The molecule has 8 nitrogen and oxygen atoms in total. The molecular weight excluding hydrogens is 484 g/mol. The van der Waals surface area contributed by atoms with Gasteiger partial charge in [-0.1, -0.05) is 0 Å². The van der Waals surface area contributed by atoms with Gasteiger partial charge in [-0.3, -0.25) is 9.59 Å². The first-order valence-electron chi connectivity index (χ1n) is 10.7. The number of hydrogen-bond donors (Lipinski definition) is 1. The number of fused-ring (bicyclic) bond motifs is 1. The molecule has 190 valence electrons. The average molecular weight is 505 g/mol. The van der Waals surface area contributed by atoms with Gasteiger partial charge in [-0.2, -0.15) is 26.3 Å². The van der Waals surface area contributed by atoms with Gasteiger partial charge in [0.1, 0.15) is 6.26 Å². The van der Waals surface area contributed by atoms with Crippen molar-refractivity contribution >= 4 is 11.8 Å². The van der Waals surface area contributed by atoms with Crippen LogP contribution >= 0.6 is 0 Å². The Morgan fingerprint density at radius 1 is 1.23 bits per heavy atom. The van der Waals surface area contributed by atoms with E-state index in [0.29, 0.717) is 0 Å². The van der Waals surface area contributed by atoms with Gasteiger partial charge < -0.3 is 20.0 Å². The Hall–Kier alpha value is -3.16. The van der Waals surface area contributed by atoms with Gasteiger partial charge in [0, 0.05) is 44.1 Å². The van der Waals surface area contributed by atoms with Crippen molar-refractivity contribution in [1.29, 1.82) is 0 Å². The number of carbonyl (C=O) groups excluding carboxylic acids is 2. The number of alkyl halides is 6. The van der Waals surface area contributed by atoms with Crippen molar-refractivity contribution in [3.8, 4) is 11.4 Å². The topological polar surface area (TPSA) is 106 Å². The normalized spacial score (nSPS) is 19.7. The molecule has 0 aliphatic carbocycles. The number of rotatable bonds is 5. The lowest BCUT2D eigenvalue weighted by molar-refractivity contribution is -0.171. The van der Waals surface area contributed by atoms with E-state index in [9.17, 15) is 35.9 Å². The maximum atomic E-state index is 13.6. The molecule has 1 unspecified atom stereocenters. The molecular formula is C21H21F6N5O3. The van der Waals surface area contributed by atoms with Crippen LogP contribution in [0.25, 0.3) is 11.4 Å². The molecule has 2 amide bonds.